The number of aliphatic carboxylic acids is 1. The number of primary amides is 1. The van der Waals surface area contributed by atoms with Crippen LogP contribution >= 0.6 is 0 Å². The molecule has 1 fully saturated rings. The van der Waals surface area contributed by atoms with Crippen LogP contribution in [0.25, 0.3) is 0 Å². The van der Waals surface area contributed by atoms with E-state index in [0.717, 1.165) is 19.4 Å². The summed E-state index contributed by atoms with van der Waals surface area (Å²) in [4.78, 5) is 33.1. The zero-order valence-corrected chi connectivity index (χ0v) is 9.44. The van der Waals surface area contributed by atoms with Crippen LogP contribution in [0.15, 0.2) is 0 Å². The van der Waals surface area contributed by atoms with Gasteiger partial charge >= 0.3 is 5.97 Å². The molecule has 1 saturated heterocycles. The molecule has 1 rings (SSSR count). The van der Waals surface area contributed by atoms with Crippen molar-refractivity contribution in [2.24, 2.45) is 5.73 Å². The van der Waals surface area contributed by atoms with E-state index in [9.17, 15) is 14.4 Å². The maximum atomic E-state index is 11.7. The quantitative estimate of drug-likeness (QED) is 0.456. The number of nitrogens with two attached hydrogens (primary N) is 1. The van der Waals surface area contributed by atoms with E-state index < -0.39 is 17.9 Å². The molecule has 0 aromatic carbocycles. The highest BCUT2D eigenvalue weighted by Gasteiger charge is 2.26. The van der Waals surface area contributed by atoms with Gasteiger partial charge < -0.3 is 21.5 Å². The van der Waals surface area contributed by atoms with E-state index in [1.54, 1.807) is 0 Å². The first-order valence-electron chi connectivity index (χ1n) is 5.55. The van der Waals surface area contributed by atoms with Crippen molar-refractivity contribution in [3.05, 3.63) is 0 Å². The number of carboxylic acids is 1. The van der Waals surface area contributed by atoms with Gasteiger partial charge in [0.15, 0.2) is 0 Å². The molecule has 0 radical (unpaired) electrons. The summed E-state index contributed by atoms with van der Waals surface area (Å²) in [6.45, 7) is 0.772. The minimum absolute atomic E-state index is 0.0170. The number of amides is 2. The van der Waals surface area contributed by atoms with Gasteiger partial charge in [-0.05, 0) is 25.8 Å². The van der Waals surface area contributed by atoms with Crippen LogP contribution < -0.4 is 16.4 Å². The molecule has 0 aromatic heterocycles. The van der Waals surface area contributed by atoms with Gasteiger partial charge in [0.2, 0.25) is 11.8 Å². The molecule has 2 atom stereocenters. The molecule has 0 saturated carbocycles. The topological polar surface area (TPSA) is 122 Å². The van der Waals surface area contributed by atoms with Crippen LogP contribution in [-0.4, -0.2) is 41.5 Å². The van der Waals surface area contributed by atoms with Gasteiger partial charge in [0.1, 0.15) is 6.04 Å². The Morgan fingerprint density at radius 3 is 2.65 bits per heavy atom. The number of nitrogens with one attached hydrogen (secondary N) is 2. The number of carbonyl (C=O) groups excluding carboxylic acids is 2. The normalized spacial score (nSPS) is 20.8. The maximum absolute atomic E-state index is 11.7. The van der Waals surface area contributed by atoms with Crippen molar-refractivity contribution in [2.75, 3.05) is 6.54 Å². The van der Waals surface area contributed by atoms with Gasteiger partial charge in [0.25, 0.3) is 0 Å². The number of carbonyl (C=O) groups is 3. The summed E-state index contributed by atoms with van der Waals surface area (Å²) in [7, 11) is 0. The molecule has 7 nitrogen and oxygen atoms in total. The van der Waals surface area contributed by atoms with Crippen LogP contribution in [0.5, 0.6) is 0 Å². The summed E-state index contributed by atoms with van der Waals surface area (Å²) in [5.74, 6) is -2.03. The molecule has 17 heavy (non-hydrogen) atoms. The van der Waals surface area contributed by atoms with Gasteiger partial charge in [0.05, 0.1) is 6.04 Å². The second-order valence-electron chi connectivity index (χ2n) is 4.04. The van der Waals surface area contributed by atoms with Gasteiger partial charge in [-0.15, -0.1) is 0 Å². The maximum Gasteiger partial charge on any atom is 0.303 e. The lowest BCUT2D eigenvalue weighted by Gasteiger charge is -2.17. The van der Waals surface area contributed by atoms with Crippen LogP contribution in [0, 0.1) is 0 Å². The summed E-state index contributed by atoms with van der Waals surface area (Å²) >= 11 is 0. The molecule has 0 aliphatic carbocycles. The lowest BCUT2D eigenvalue weighted by molar-refractivity contribution is -0.137. The van der Waals surface area contributed by atoms with Crippen LogP contribution in [-0.2, 0) is 14.4 Å². The lowest BCUT2D eigenvalue weighted by Crippen LogP contribution is -2.50. The average Bonchev–Trinajstić information content (AvgIpc) is 2.76. The second-order valence-corrected chi connectivity index (χ2v) is 4.04. The third kappa shape index (κ3) is 4.39. The molecule has 1 aliphatic rings. The van der Waals surface area contributed by atoms with Crippen LogP contribution in [0.4, 0.5) is 0 Å². The number of carboxylic acid groups (broad SMARTS) is 1. The Labute approximate surface area is 98.7 Å². The lowest BCUT2D eigenvalue weighted by atomic mass is 10.1. The molecule has 7 heteroatoms. The predicted molar refractivity (Wildman–Crippen MR) is 59.0 cm³/mol. The Hall–Kier alpha value is -1.63. The van der Waals surface area contributed by atoms with E-state index in [-0.39, 0.29) is 24.8 Å². The van der Waals surface area contributed by atoms with E-state index in [1.807, 2.05) is 0 Å². The molecular formula is C10H17N3O4. The van der Waals surface area contributed by atoms with Crippen LogP contribution in [0.2, 0.25) is 0 Å². The highest BCUT2D eigenvalue weighted by atomic mass is 16.4. The number of rotatable bonds is 6. The molecular weight excluding hydrogens is 226 g/mol. The monoisotopic (exact) mass is 243 g/mol. The third-order valence-corrected chi connectivity index (χ3v) is 2.68. The summed E-state index contributed by atoms with van der Waals surface area (Å²) in [5.41, 5.74) is 5.10. The van der Waals surface area contributed by atoms with Gasteiger partial charge in [-0.25, -0.2) is 0 Å². The molecule has 1 aliphatic heterocycles. The van der Waals surface area contributed by atoms with Crippen molar-refractivity contribution in [2.45, 2.75) is 37.8 Å². The van der Waals surface area contributed by atoms with Crippen molar-refractivity contribution in [3.63, 3.8) is 0 Å². The first-order chi connectivity index (χ1) is 8.00. The Kier molecular flexibility index (Phi) is 4.89. The summed E-state index contributed by atoms with van der Waals surface area (Å²) in [6.07, 6.45) is 1.44. The Balaban J connectivity index is 2.44. The van der Waals surface area contributed by atoms with Gasteiger partial charge in [-0.3, -0.25) is 14.4 Å². The minimum atomic E-state index is -1.02. The van der Waals surface area contributed by atoms with Crippen molar-refractivity contribution in [1.29, 1.82) is 0 Å². The zero-order chi connectivity index (χ0) is 12.8. The fourth-order valence-corrected chi connectivity index (χ4v) is 1.73. The third-order valence-electron chi connectivity index (χ3n) is 2.68. The highest BCUT2D eigenvalue weighted by molar-refractivity contribution is 5.89. The minimum Gasteiger partial charge on any atom is -0.481 e. The fourth-order valence-electron chi connectivity index (χ4n) is 1.73. The fraction of sp³-hybridized carbons (Fsp3) is 0.700. The molecule has 0 bridgehead atoms. The van der Waals surface area contributed by atoms with Crippen molar-refractivity contribution in [1.82, 2.24) is 10.6 Å². The van der Waals surface area contributed by atoms with E-state index in [2.05, 4.69) is 10.6 Å². The highest BCUT2D eigenvalue weighted by Crippen LogP contribution is 2.06. The first kappa shape index (κ1) is 13.4. The number of hydrogen-bond donors (Lipinski definition) is 4. The summed E-state index contributed by atoms with van der Waals surface area (Å²) in [6, 6.07) is -1.22. The summed E-state index contributed by atoms with van der Waals surface area (Å²) in [5, 5.41) is 14.0. The molecule has 96 valence electrons. The summed E-state index contributed by atoms with van der Waals surface area (Å²) < 4.78 is 0. The van der Waals surface area contributed by atoms with Crippen molar-refractivity contribution >= 4 is 17.8 Å². The molecule has 0 unspecified atom stereocenters. The van der Waals surface area contributed by atoms with E-state index in [1.165, 1.54) is 0 Å². The molecule has 0 spiro atoms. The smallest absolute Gasteiger partial charge is 0.303 e. The van der Waals surface area contributed by atoms with E-state index in [4.69, 9.17) is 10.8 Å². The predicted octanol–water partition coefficient (Wildman–Crippen LogP) is -1.43. The van der Waals surface area contributed by atoms with E-state index >= 15 is 0 Å². The Morgan fingerprint density at radius 1 is 1.47 bits per heavy atom. The van der Waals surface area contributed by atoms with Crippen molar-refractivity contribution < 1.29 is 19.5 Å². The van der Waals surface area contributed by atoms with Crippen molar-refractivity contribution in [3.8, 4) is 0 Å². The molecule has 2 amide bonds. The van der Waals surface area contributed by atoms with Gasteiger partial charge in [-0.2, -0.15) is 0 Å². The molecule has 1 heterocycles. The number of hydrogen-bond acceptors (Lipinski definition) is 4. The van der Waals surface area contributed by atoms with E-state index in [0.29, 0.717) is 0 Å². The van der Waals surface area contributed by atoms with Crippen LogP contribution in [0.3, 0.4) is 0 Å². The Morgan fingerprint density at radius 2 is 2.18 bits per heavy atom. The Bertz CT molecular complexity index is 313. The van der Waals surface area contributed by atoms with Gasteiger partial charge in [0, 0.05) is 6.42 Å². The standard InChI is InChI=1S/C10H17N3O4/c11-9(16)6(3-4-8(14)15)13-10(17)7-2-1-5-12-7/h6-7,12H,1-5H2,(H2,11,16)(H,13,17)(H,14,15)/t6-,7+/m1/s1. The first-order valence-corrected chi connectivity index (χ1v) is 5.55. The SMILES string of the molecule is NC(=O)[C@@H](CCC(=O)O)NC(=O)[C@@H]1CCCN1. The average molecular weight is 243 g/mol. The molecule has 5 N–H and O–H groups in total. The second kappa shape index (κ2) is 6.19. The van der Waals surface area contributed by atoms with Crippen LogP contribution in [0.1, 0.15) is 25.7 Å². The van der Waals surface area contributed by atoms with Gasteiger partial charge in [-0.1, -0.05) is 0 Å². The molecule has 0 aromatic rings. The zero-order valence-electron chi connectivity index (χ0n) is 9.44. The largest absolute Gasteiger partial charge is 0.481 e.